The number of piperidine rings is 1. The van der Waals surface area contributed by atoms with E-state index in [9.17, 15) is 18.4 Å². The number of nitrogens with zero attached hydrogens (tertiary/aromatic N) is 3. The van der Waals surface area contributed by atoms with E-state index in [0.717, 1.165) is 31.6 Å². The number of anilines is 1. The van der Waals surface area contributed by atoms with E-state index >= 15 is 0 Å². The van der Waals surface area contributed by atoms with Crippen LogP contribution in [0.3, 0.4) is 0 Å². The molecule has 0 radical (unpaired) electrons. The van der Waals surface area contributed by atoms with Crippen molar-refractivity contribution in [1.29, 1.82) is 0 Å². The van der Waals surface area contributed by atoms with Gasteiger partial charge >= 0.3 is 6.03 Å². The van der Waals surface area contributed by atoms with E-state index < -0.39 is 17.7 Å². The summed E-state index contributed by atoms with van der Waals surface area (Å²) in [4.78, 5) is 30.5. The third-order valence-electron chi connectivity index (χ3n) is 5.41. The van der Waals surface area contributed by atoms with Crippen LogP contribution in [0.4, 0.5) is 19.3 Å². The van der Waals surface area contributed by atoms with Crippen molar-refractivity contribution in [2.75, 3.05) is 51.1 Å². The third-order valence-corrected chi connectivity index (χ3v) is 5.41. The standard InChI is InChI=1S/C20H28F2N4O2/c1-14-9-15(2)12-26(11-14)19(27)13-24-5-7-25(8-6-24)20(28)23-18-4-3-16(21)10-17(18)22/h3-4,10,14-15H,5-9,11-13H2,1-2H3,(H,23,28). The van der Waals surface area contributed by atoms with Crippen LogP contribution >= 0.6 is 0 Å². The van der Waals surface area contributed by atoms with Gasteiger partial charge in [0.2, 0.25) is 5.91 Å². The van der Waals surface area contributed by atoms with Crippen LogP contribution in [-0.2, 0) is 4.79 Å². The fraction of sp³-hybridized carbons (Fsp3) is 0.600. The van der Waals surface area contributed by atoms with Gasteiger partial charge in [-0.2, -0.15) is 0 Å². The van der Waals surface area contributed by atoms with E-state index in [0.29, 0.717) is 44.6 Å². The number of likely N-dealkylation sites (tertiary alicyclic amines) is 1. The maximum Gasteiger partial charge on any atom is 0.322 e. The molecule has 154 valence electrons. The van der Waals surface area contributed by atoms with Gasteiger partial charge in [-0.25, -0.2) is 13.6 Å². The molecule has 1 N–H and O–H groups in total. The van der Waals surface area contributed by atoms with Crippen molar-refractivity contribution in [2.24, 2.45) is 11.8 Å². The molecule has 0 saturated carbocycles. The monoisotopic (exact) mass is 394 g/mol. The fourth-order valence-electron chi connectivity index (χ4n) is 4.05. The van der Waals surface area contributed by atoms with Crippen LogP contribution in [0.2, 0.25) is 0 Å². The van der Waals surface area contributed by atoms with E-state index in [1.54, 1.807) is 4.90 Å². The van der Waals surface area contributed by atoms with E-state index in [-0.39, 0.29) is 11.6 Å². The average Bonchev–Trinajstić information content (AvgIpc) is 2.63. The molecule has 2 atom stereocenters. The highest BCUT2D eigenvalue weighted by atomic mass is 19.1. The lowest BCUT2D eigenvalue weighted by Crippen LogP contribution is -2.53. The first-order chi connectivity index (χ1) is 13.3. The lowest BCUT2D eigenvalue weighted by molar-refractivity contribution is -0.135. The predicted octanol–water partition coefficient (Wildman–Crippen LogP) is 2.62. The minimum atomic E-state index is -0.803. The maximum absolute atomic E-state index is 13.7. The number of carbonyl (C=O) groups excluding carboxylic acids is 2. The minimum Gasteiger partial charge on any atom is -0.341 e. The summed E-state index contributed by atoms with van der Waals surface area (Å²) in [7, 11) is 0. The van der Waals surface area contributed by atoms with Gasteiger partial charge in [0.05, 0.1) is 12.2 Å². The smallest absolute Gasteiger partial charge is 0.322 e. The molecule has 0 aliphatic carbocycles. The van der Waals surface area contributed by atoms with Gasteiger partial charge in [0.1, 0.15) is 11.6 Å². The van der Waals surface area contributed by atoms with Gasteiger partial charge in [-0.15, -0.1) is 0 Å². The molecule has 28 heavy (non-hydrogen) atoms. The van der Waals surface area contributed by atoms with Crippen LogP contribution < -0.4 is 5.32 Å². The number of hydrogen-bond donors (Lipinski definition) is 1. The zero-order chi connectivity index (χ0) is 20.3. The van der Waals surface area contributed by atoms with Gasteiger partial charge in [0.25, 0.3) is 0 Å². The van der Waals surface area contributed by atoms with Gasteiger partial charge in [-0.3, -0.25) is 9.69 Å². The Morgan fingerprint density at radius 3 is 2.29 bits per heavy atom. The Labute approximate surface area is 164 Å². The summed E-state index contributed by atoms with van der Waals surface area (Å²) in [5.74, 6) is -0.293. The third kappa shape index (κ3) is 5.19. The first-order valence-electron chi connectivity index (χ1n) is 9.83. The Morgan fingerprint density at radius 1 is 1.04 bits per heavy atom. The summed E-state index contributed by atoms with van der Waals surface area (Å²) in [6.07, 6.45) is 1.16. The number of nitrogens with one attached hydrogen (secondary N) is 1. The number of amides is 3. The maximum atomic E-state index is 13.7. The van der Waals surface area contributed by atoms with Crippen LogP contribution in [0.1, 0.15) is 20.3 Å². The first-order valence-corrected chi connectivity index (χ1v) is 9.83. The summed E-state index contributed by atoms with van der Waals surface area (Å²) in [6, 6.07) is 2.62. The van der Waals surface area contributed by atoms with E-state index in [2.05, 4.69) is 24.1 Å². The van der Waals surface area contributed by atoms with Crippen LogP contribution in [0.25, 0.3) is 0 Å². The molecule has 2 unspecified atom stereocenters. The Bertz CT molecular complexity index is 712. The van der Waals surface area contributed by atoms with Gasteiger partial charge in [0, 0.05) is 45.3 Å². The SMILES string of the molecule is CC1CC(C)CN(C(=O)CN2CCN(C(=O)Nc3ccc(F)cc3F)CC2)C1. The molecule has 0 spiro atoms. The van der Waals surface area contributed by atoms with Crippen LogP contribution in [0, 0.1) is 23.5 Å². The van der Waals surface area contributed by atoms with Crippen LogP contribution in [0.15, 0.2) is 18.2 Å². The number of benzene rings is 1. The topological polar surface area (TPSA) is 55.9 Å². The van der Waals surface area contributed by atoms with Gasteiger partial charge in [0.15, 0.2) is 0 Å². The van der Waals surface area contributed by atoms with Gasteiger partial charge < -0.3 is 15.1 Å². The number of hydrogen-bond acceptors (Lipinski definition) is 3. The summed E-state index contributed by atoms with van der Waals surface area (Å²) >= 11 is 0. The zero-order valence-electron chi connectivity index (χ0n) is 16.5. The lowest BCUT2D eigenvalue weighted by Gasteiger charge is -2.38. The van der Waals surface area contributed by atoms with Crippen molar-refractivity contribution in [2.45, 2.75) is 20.3 Å². The molecule has 8 heteroatoms. The quantitative estimate of drug-likeness (QED) is 0.858. The van der Waals surface area contributed by atoms with Gasteiger partial charge in [-0.05, 0) is 30.4 Å². The predicted molar refractivity (Wildman–Crippen MR) is 103 cm³/mol. The Kier molecular flexibility index (Phi) is 6.49. The fourth-order valence-corrected chi connectivity index (χ4v) is 4.05. The molecule has 0 aromatic heterocycles. The molecule has 3 amide bonds. The molecule has 1 aromatic rings. The molecule has 2 heterocycles. The molecule has 1 aromatic carbocycles. The Morgan fingerprint density at radius 2 is 1.68 bits per heavy atom. The highest BCUT2D eigenvalue weighted by Gasteiger charge is 2.28. The highest BCUT2D eigenvalue weighted by molar-refractivity contribution is 5.89. The highest BCUT2D eigenvalue weighted by Crippen LogP contribution is 2.21. The van der Waals surface area contributed by atoms with Crippen molar-refractivity contribution in [3.63, 3.8) is 0 Å². The molecular formula is C20H28F2N4O2. The summed E-state index contributed by atoms with van der Waals surface area (Å²) in [5, 5.41) is 2.48. The molecular weight excluding hydrogens is 366 g/mol. The lowest BCUT2D eigenvalue weighted by atomic mass is 9.92. The Balaban J connectivity index is 1.46. The van der Waals surface area contributed by atoms with Crippen molar-refractivity contribution < 1.29 is 18.4 Å². The normalized spacial score (nSPS) is 23.6. The molecule has 0 bridgehead atoms. The zero-order valence-corrected chi connectivity index (χ0v) is 16.5. The number of halogens is 2. The average molecular weight is 394 g/mol. The molecule has 2 aliphatic rings. The van der Waals surface area contributed by atoms with Crippen molar-refractivity contribution >= 4 is 17.6 Å². The molecule has 3 rings (SSSR count). The summed E-state index contributed by atoms with van der Waals surface area (Å²) < 4.78 is 26.7. The molecule has 2 fully saturated rings. The van der Waals surface area contributed by atoms with E-state index in [4.69, 9.17) is 0 Å². The van der Waals surface area contributed by atoms with E-state index in [1.165, 1.54) is 6.07 Å². The van der Waals surface area contributed by atoms with Gasteiger partial charge in [-0.1, -0.05) is 13.8 Å². The largest absolute Gasteiger partial charge is 0.341 e. The van der Waals surface area contributed by atoms with Crippen molar-refractivity contribution in [3.8, 4) is 0 Å². The molecule has 6 nitrogen and oxygen atoms in total. The summed E-state index contributed by atoms with van der Waals surface area (Å²) in [5.41, 5.74) is -0.0441. The second-order valence-corrected chi connectivity index (χ2v) is 8.06. The number of urea groups is 1. The van der Waals surface area contributed by atoms with Crippen molar-refractivity contribution in [1.82, 2.24) is 14.7 Å². The Hall–Kier alpha value is -2.22. The molecule has 2 saturated heterocycles. The van der Waals surface area contributed by atoms with Crippen molar-refractivity contribution in [3.05, 3.63) is 29.8 Å². The van der Waals surface area contributed by atoms with Crippen LogP contribution in [-0.4, -0.2) is 72.5 Å². The second-order valence-electron chi connectivity index (χ2n) is 8.06. The number of rotatable bonds is 3. The second kappa shape index (κ2) is 8.86. The summed E-state index contributed by atoms with van der Waals surface area (Å²) in [6.45, 7) is 8.43. The number of carbonyl (C=O) groups is 2. The van der Waals surface area contributed by atoms with E-state index in [1.807, 2.05) is 4.90 Å². The molecule has 2 aliphatic heterocycles. The first kappa shape index (κ1) is 20.5. The van der Waals surface area contributed by atoms with Crippen LogP contribution in [0.5, 0.6) is 0 Å². The minimum absolute atomic E-state index is 0.0441. The number of piperazine rings is 1.